The molecule has 0 fully saturated rings. The maximum absolute atomic E-state index is 12.9. The fourth-order valence-electron chi connectivity index (χ4n) is 1.97. The lowest BCUT2D eigenvalue weighted by Crippen LogP contribution is -2.16. The molecule has 0 bridgehead atoms. The van der Waals surface area contributed by atoms with Crippen molar-refractivity contribution in [3.05, 3.63) is 42.1 Å². The SMILES string of the molecule is Cn1cc(NC(=O)c2cnn3cccnc23)c(C(F)(F)F)n1. The molecule has 10 heteroatoms. The van der Waals surface area contributed by atoms with Crippen LogP contribution in [-0.4, -0.2) is 30.3 Å². The molecule has 0 aliphatic rings. The summed E-state index contributed by atoms with van der Waals surface area (Å²) in [7, 11) is 1.34. The smallest absolute Gasteiger partial charge is 0.319 e. The van der Waals surface area contributed by atoms with Crippen molar-refractivity contribution in [2.45, 2.75) is 6.18 Å². The van der Waals surface area contributed by atoms with Gasteiger partial charge in [0, 0.05) is 25.6 Å². The number of alkyl halides is 3. The highest BCUT2D eigenvalue weighted by Gasteiger charge is 2.37. The van der Waals surface area contributed by atoms with E-state index >= 15 is 0 Å². The Morgan fingerprint density at radius 2 is 2.14 bits per heavy atom. The Morgan fingerprint density at radius 3 is 2.86 bits per heavy atom. The van der Waals surface area contributed by atoms with E-state index in [0.29, 0.717) is 0 Å². The predicted molar refractivity (Wildman–Crippen MR) is 69.2 cm³/mol. The minimum Gasteiger partial charge on any atom is -0.319 e. The third kappa shape index (κ3) is 2.38. The van der Waals surface area contributed by atoms with Crippen molar-refractivity contribution in [3.8, 4) is 0 Å². The molecule has 0 saturated carbocycles. The van der Waals surface area contributed by atoms with Crippen molar-refractivity contribution >= 4 is 17.2 Å². The lowest BCUT2D eigenvalue weighted by molar-refractivity contribution is -0.140. The molecule has 3 aromatic heterocycles. The molecule has 114 valence electrons. The van der Waals surface area contributed by atoms with E-state index in [1.807, 2.05) is 0 Å². The number of aromatic nitrogens is 5. The molecule has 0 spiro atoms. The van der Waals surface area contributed by atoms with Crippen molar-refractivity contribution in [2.75, 3.05) is 5.32 Å². The number of hydrogen-bond donors (Lipinski definition) is 1. The van der Waals surface area contributed by atoms with E-state index in [1.54, 1.807) is 12.3 Å². The van der Waals surface area contributed by atoms with E-state index in [-0.39, 0.29) is 11.2 Å². The second-order valence-corrected chi connectivity index (χ2v) is 4.46. The van der Waals surface area contributed by atoms with Gasteiger partial charge in [0.25, 0.3) is 5.91 Å². The summed E-state index contributed by atoms with van der Waals surface area (Å²) in [5.41, 5.74) is -1.27. The Labute approximate surface area is 121 Å². The van der Waals surface area contributed by atoms with Crippen LogP contribution in [0.3, 0.4) is 0 Å². The van der Waals surface area contributed by atoms with Crippen LogP contribution in [0.4, 0.5) is 18.9 Å². The number of carbonyl (C=O) groups is 1. The maximum Gasteiger partial charge on any atom is 0.437 e. The third-order valence-electron chi connectivity index (χ3n) is 2.87. The van der Waals surface area contributed by atoms with Gasteiger partial charge in [-0.15, -0.1) is 0 Å². The number of hydrogen-bond acceptors (Lipinski definition) is 4. The van der Waals surface area contributed by atoms with E-state index in [9.17, 15) is 18.0 Å². The first-order chi connectivity index (χ1) is 10.4. The van der Waals surface area contributed by atoms with Gasteiger partial charge in [-0.2, -0.15) is 23.4 Å². The molecule has 3 rings (SSSR count). The van der Waals surface area contributed by atoms with Gasteiger partial charge in [0.2, 0.25) is 0 Å². The Hall–Kier alpha value is -2.91. The van der Waals surface area contributed by atoms with Gasteiger partial charge < -0.3 is 5.32 Å². The molecule has 0 atom stereocenters. The monoisotopic (exact) mass is 310 g/mol. The highest BCUT2D eigenvalue weighted by molar-refractivity contribution is 6.08. The molecule has 3 aromatic rings. The number of fused-ring (bicyclic) bond motifs is 1. The fraction of sp³-hybridized carbons (Fsp3) is 0.167. The predicted octanol–water partition coefficient (Wildman–Crippen LogP) is 1.73. The number of halogens is 3. The molecule has 0 saturated heterocycles. The third-order valence-corrected chi connectivity index (χ3v) is 2.87. The minimum absolute atomic E-state index is 0.0672. The molecular weight excluding hydrogens is 301 g/mol. The number of amides is 1. The van der Waals surface area contributed by atoms with Gasteiger partial charge in [-0.3, -0.25) is 9.48 Å². The molecule has 0 unspecified atom stereocenters. The minimum atomic E-state index is -4.66. The van der Waals surface area contributed by atoms with Gasteiger partial charge in [0.05, 0.1) is 11.9 Å². The molecule has 0 aliphatic carbocycles. The second kappa shape index (κ2) is 4.83. The Balaban J connectivity index is 1.95. The van der Waals surface area contributed by atoms with Crippen LogP contribution in [0, 0.1) is 0 Å². The summed E-state index contributed by atoms with van der Waals surface area (Å²) < 4.78 is 40.9. The zero-order valence-electron chi connectivity index (χ0n) is 11.2. The molecule has 22 heavy (non-hydrogen) atoms. The largest absolute Gasteiger partial charge is 0.437 e. The number of rotatable bonds is 2. The molecule has 0 aliphatic heterocycles. The summed E-state index contributed by atoms with van der Waals surface area (Å²) in [5, 5.41) is 9.42. The summed E-state index contributed by atoms with van der Waals surface area (Å²) in [6.07, 6.45) is 0.688. The first-order valence-corrected chi connectivity index (χ1v) is 6.07. The number of nitrogens with zero attached hydrogens (tertiary/aromatic N) is 5. The van der Waals surface area contributed by atoms with Crippen molar-refractivity contribution in [1.29, 1.82) is 0 Å². The van der Waals surface area contributed by atoms with E-state index in [0.717, 1.165) is 10.9 Å². The first kappa shape index (κ1) is 14.0. The standard InChI is InChI=1S/C12H9F3N6O/c1-20-6-8(9(19-20)12(13,14)15)18-11(22)7-5-17-21-4-2-3-16-10(7)21/h2-6H,1H3,(H,18,22). The Bertz CT molecular complexity index is 850. The van der Waals surface area contributed by atoms with Crippen LogP contribution in [0.1, 0.15) is 16.1 Å². The van der Waals surface area contributed by atoms with Crippen LogP contribution < -0.4 is 5.32 Å². The van der Waals surface area contributed by atoms with Crippen molar-refractivity contribution in [1.82, 2.24) is 24.4 Å². The summed E-state index contributed by atoms with van der Waals surface area (Å²) in [6, 6.07) is 1.62. The van der Waals surface area contributed by atoms with E-state index < -0.39 is 23.5 Å². The fourth-order valence-corrected chi connectivity index (χ4v) is 1.97. The summed E-state index contributed by atoms with van der Waals surface area (Å²) in [4.78, 5) is 16.1. The summed E-state index contributed by atoms with van der Waals surface area (Å²) in [5.74, 6) is -0.743. The van der Waals surface area contributed by atoms with Crippen LogP contribution in [0.5, 0.6) is 0 Å². The molecule has 3 heterocycles. The lowest BCUT2D eigenvalue weighted by Gasteiger charge is -2.06. The Morgan fingerprint density at radius 1 is 1.36 bits per heavy atom. The van der Waals surface area contributed by atoms with Crippen molar-refractivity contribution in [2.24, 2.45) is 7.05 Å². The summed E-state index contributed by atoms with van der Waals surface area (Å²) >= 11 is 0. The molecule has 0 aromatic carbocycles. The quantitative estimate of drug-likeness (QED) is 0.782. The number of anilines is 1. The van der Waals surface area contributed by atoms with E-state index in [4.69, 9.17) is 0 Å². The van der Waals surface area contributed by atoms with Crippen LogP contribution in [-0.2, 0) is 13.2 Å². The number of carbonyl (C=O) groups excluding carboxylic acids is 1. The maximum atomic E-state index is 12.9. The van der Waals surface area contributed by atoms with Crippen molar-refractivity contribution < 1.29 is 18.0 Å². The average Bonchev–Trinajstić information content (AvgIpc) is 3.01. The van der Waals surface area contributed by atoms with Gasteiger partial charge in [-0.1, -0.05) is 0 Å². The van der Waals surface area contributed by atoms with E-state index in [1.165, 1.54) is 24.0 Å². The summed E-state index contributed by atoms with van der Waals surface area (Å²) in [6.45, 7) is 0. The average molecular weight is 310 g/mol. The molecule has 1 N–H and O–H groups in total. The molecular formula is C12H9F3N6O. The topological polar surface area (TPSA) is 77.1 Å². The van der Waals surface area contributed by atoms with Crippen LogP contribution in [0.25, 0.3) is 5.65 Å². The Kier molecular flexibility index (Phi) is 3.08. The highest BCUT2D eigenvalue weighted by Crippen LogP contribution is 2.33. The van der Waals surface area contributed by atoms with Gasteiger partial charge in [0.1, 0.15) is 5.56 Å². The zero-order valence-corrected chi connectivity index (χ0v) is 11.2. The number of nitrogens with one attached hydrogen (secondary N) is 1. The van der Waals surface area contributed by atoms with Gasteiger partial charge >= 0.3 is 6.18 Å². The molecule has 7 nitrogen and oxygen atoms in total. The molecule has 1 amide bonds. The second-order valence-electron chi connectivity index (χ2n) is 4.46. The van der Waals surface area contributed by atoms with Crippen molar-refractivity contribution in [3.63, 3.8) is 0 Å². The van der Waals surface area contributed by atoms with Gasteiger partial charge in [-0.05, 0) is 6.07 Å². The first-order valence-electron chi connectivity index (χ1n) is 6.07. The van der Waals surface area contributed by atoms with Crippen LogP contribution >= 0.6 is 0 Å². The molecule has 0 radical (unpaired) electrons. The van der Waals surface area contributed by atoms with Crippen LogP contribution in [0.2, 0.25) is 0 Å². The highest BCUT2D eigenvalue weighted by atomic mass is 19.4. The van der Waals surface area contributed by atoms with E-state index in [2.05, 4.69) is 20.5 Å². The number of aryl methyl sites for hydroxylation is 1. The zero-order chi connectivity index (χ0) is 15.9. The van der Waals surface area contributed by atoms with Crippen LogP contribution in [0.15, 0.2) is 30.9 Å². The normalized spacial score (nSPS) is 11.8. The van der Waals surface area contributed by atoms with Gasteiger partial charge in [0.15, 0.2) is 11.3 Å². The van der Waals surface area contributed by atoms with Gasteiger partial charge in [-0.25, -0.2) is 9.50 Å². The lowest BCUT2D eigenvalue weighted by atomic mass is 10.3.